The van der Waals surface area contributed by atoms with Crippen molar-refractivity contribution in [2.75, 3.05) is 29.9 Å². The Bertz CT molecular complexity index is 365. The Morgan fingerprint density at radius 1 is 1.18 bits per heavy atom. The number of nitrogens with one attached hydrogen (secondary N) is 1. The lowest BCUT2D eigenvalue weighted by molar-refractivity contribution is 0.567. The van der Waals surface area contributed by atoms with Gasteiger partial charge in [-0.05, 0) is 37.3 Å². The van der Waals surface area contributed by atoms with Crippen LogP contribution in [0.3, 0.4) is 0 Å². The van der Waals surface area contributed by atoms with E-state index in [9.17, 15) is 0 Å². The Kier molecular flexibility index (Phi) is 4.36. The minimum atomic E-state index is 0.263. The number of hydrogen-bond acceptors (Lipinski definition) is 5. The van der Waals surface area contributed by atoms with Gasteiger partial charge in [-0.3, -0.25) is 0 Å². The fraction of sp³-hybridized carbons (Fsp3) is 0.727. The molecule has 0 saturated carbocycles. The van der Waals surface area contributed by atoms with Gasteiger partial charge in [-0.15, -0.1) is 0 Å². The molecular formula is C11H18ClN5. The molecule has 0 aromatic carbocycles. The Labute approximate surface area is 107 Å². The second kappa shape index (κ2) is 6.00. The molecule has 0 aliphatic carbocycles. The van der Waals surface area contributed by atoms with Crippen LogP contribution >= 0.6 is 11.6 Å². The van der Waals surface area contributed by atoms with Crippen molar-refractivity contribution >= 4 is 23.5 Å². The Hall–Kier alpha value is -1.10. The van der Waals surface area contributed by atoms with Gasteiger partial charge in [-0.1, -0.05) is 6.92 Å². The molecule has 1 fully saturated rings. The van der Waals surface area contributed by atoms with E-state index in [0.29, 0.717) is 11.9 Å². The number of piperidine rings is 1. The summed E-state index contributed by atoms with van der Waals surface area (Å²) in [6.45, 7) is 4.96. The number of hydrogen-bond donors (Lipinski definition) is 1. The number of rotatable bonds is 4. The van der Waals surface area contributed by atoms with Crippen LogP contribution in [0, 0.1) is 0 Å². The summed E-state index contributed by atoms with van der Waals surface area (Å²) in [5.41, 5.74) is 0. The van der Waals surface area contributed by atoms with Gasteiger partial charge >= 0.3 is 0 Å². The van der Waals surface area contributed by atoms with Gasteiger partial charge in [0.1, 0.15) is 0 Å². The third-order valence-corrected chi connectivity index (χ3v) is 2.94. The molecule has 0 amide bonds. The van der Waals surface area contributed by atoms with Crippen LogP contribution < -0.4 is 10.2 Å². The maximum Gasteiger partial charge on any atom is 0.231 e. The van der Waals surface area contributed by atoms with Crippen molar-refractivity contribution in [3.63, 3.8) is 0 Å². The van der Waals surface area contributed by atoms with E-state index >= 15 is 0 Å². The van der Waals surface area contributed by atoms with E-state index in [2.05, 4.69) is 32.1 Å². The lowest BCUT2D eigenvalue weighted by Crippen LogP contribution is -2.31. The largest absolute Gasteiger partial charge is 0.354 e. The molecule has 0 atom stereocenters. The van der Waals surface area contributed by atoms with Crippen molar-refractivity contribution < 1.29 is 0 Å². The van der Waals surface area contributed by atoms with Gasteiger partial charge in [0, 0.05) is 19.6 Å². The molecule has 0 unspecified atom stereocenters. The Morgan fingerprint density at radius 3 is 2.65 bits per heavy atom. The highest BCUT2D eigenvalue weighted by Gasteiger charge is 2.15. The molecule has 2 rings (SSSR count). The summed E-state index contributed by atoms with van der Waals surface area (Å²) in [6, 6.07) is 0. The van der Waals surface area contributed by atoms with E-state index in [0.717, 1.165) is 26.1 Å². The number of halogens is 1. The smallest absolute Gasteiger partial charge is 0.231 e. The third-order valence-electron chi connectivity index (χ3n) is 2.77. The average Bonchev–Trinajstić information content (AvgIpc) is 2.37. The monoisotopic (exact) mass is 255 g/mol. The van der Waals surface area contributed by atoms with Gasteiger partial charge in [0.25, 0.3) is 0 Å². The molecule has 5 nitrogen and oxygen atoms in total. The van der Waals surface area contributed by atoms with Crippen molar-refractivity contribution in [2.24, 2.45) is 0 Å². The molecule has 1 aromatic heterocycles. The van der Waals surface area contributed by atoms with E-state index in [-0.39, 0.29) is 5.28 Å². The van der Waals surface area contributed by atoms with Gasteiger partial charge in [0.2, 0.25) is 17.2 Å². The molecule has 1 aromatic rings. The Balaban J connectivity index is 2.12. The van der Waals surface area contributed by atoms with Crippen LogP contribution in [0.1, 0.15) is 32.6 Å². The van der Waals surface area contributed by atoms with Gasteiger partial charge in [0.05, 0.1) is 0 Å². The van der Waals surface area contributed by atoms with Crippen LogP contribution in [-0.2, 0) is 0 Å². The Morgan fingerprint density at radius 2 is 1.94 bits per heavy atom. The average molecular weight is 256 g/mol. The zero-order valence-electron chi connectivity index (χ0n) is 10.1. The SMILES string of the molecule is CCCNc1nc(Cl)nc(N2CCCCC2)n1. The summed E-state index contributed by atoms with van der Waals surface area (Å²) >= 11 is 5.92. The highest BCUT2D eigenvalue weighted by atomic mass is 35.5. The molecule has 1 N–H and O–H groups in total. The van der Waals surface area contributed by atoms with Crippen LogP contribution in [0.5, 0.6) is 0 Å². The fourth-order valence-electron chi connectivity index (χ4n) is 1.89. The van der Waals surface area contributed by atoms with Crippen molar-refractivity contribution in [2.45, 2.75) is 32.6 Å². The summed E-state index contributed by atoms with van der Waals surface area (Å²) in [5, 5.41) is 3.40. The predicted octanol–water partition coefficient (Wildman–Crippen LogP) is 2.34. The second-order valence-electron chi connectivity index (χ2n) is 4.20. The summed E-state index contributed by atoms with van der Waals surface area (Å²) in [5.74, 6) is 1.27. The highest BCUT2D eigenvalue weighted by molar-refractivity contribution is 6.28. The lowest BCUT2D eigenvalue weighted by atomic mass is 10.1. The minimum Gasteiger partial charge on any atom is -0.354 e. The van der Waals surface area contributed by atoms with E-state index in [1.54, 1.807) is 0 Å². The molecule has 1 saturated heterocycles. The van der Waals surface area contributed by atoms with Crippen LogP contribution in [-0.4, -0.2) is 34.6 Å². The van der Waals surface area contributed by atoms with Gasteiger partial charge in [-0.25, -0.2) is 0 Å². The van der Waals surface area contributed by atoms with Crippen molar-refractivity contribution in [1.82, 2.24) is 15.0 Å². The molecule has 0 radical (unpaired) electrons. The van der Waals surface area contributed by atoms with Crippen LogP contribution in [0.4, 0.5) is 11.9 Å². The van der Waals surface area contributed by atoms with Crippen molar-refractivity contribution in [1.29, 1.82) is 0 Å². The molecule has 1 aliphatic rings. The normalized spacial score (nSPS) is 16.0. The number of nitrogens with zero attached hydrogens (tertiary/aromatic N) is 4. The van der Waals surface area contributed by atoms with Gasteiger partial charge < -0.3 is 10.2 Å². The van der Waals surface area contributed by atoms with E-state index in [4.69, 9.17) is 11.6 Å². The number of anilines is 2. The first-order valence-electron chi connectivity index (χ1n) is 6.20. The topological polar surface area (TPSA) is 53.9 Å². The first kappa shape index (κ1) is 12.4. The summed E-state index contributed by atoms with van der Waals surface area (Å²) in [7, 11) is 0. The molecule has 0 bridgehead atoms. The van der Waals surface area contributed by atoms with E-state index in [1.807, 2.05) is 0 Å². The molecule has 1 aliphatic heterocycles. The van der Waals surface area contributed by atoms with Gasteiger partial charge in [-0.2, -0.15) is 15.0 Å². The van der Waals surface area contributed by atoms with Crippen LogP contribution in [0.25, 0.3) is 0 Å². The molecule has 2 heterocycles. The van der Waals surface area contributed by atoms with Gasteiger partial charge in [0.15, 0.2) is 0 Å². The highest BCUT2D eigenvalue weighted by Crippen LogP contribution is 2.18. The summed E-state index contributed by atoms with van der Waals surface area (Å²) < 4.78 is 0. The first-order valence-corrected chi connectivity index (χ1v) is 6.58. The fourth-order valence-corrected chi connectivity index (χ4v) is 2.05. The maximum atomic E-state index is 5.92. The zero-order valence-corrected chi connectivity index (χ0v) is 10.9. The van der Waals surface area contributed by atoms with Crippen LogP contribution in [0.2, 0.25) is 5.28 Å². The second-order valence-corrected chi connectivity index (χ2v) is 4.54. The zero-order chi connectivity index (χ0) is 12.1. The van der Waals surface area contributed by atoms with E-state index < -0.39 is 0 Å². The van der Waals surface area contributed by atoms with Crippen LogP contribution in [0.15, 0.2) is 0 Å². The quantitative estimate of drug-likeness (QED) is 0.895. The maximum absolute atomic E-state index is 5.92. The summed E-state index contributed by atoms with van der Waals surface area (Å²) in [6.07, 6.45) is 4.71. The van der Waals surface area contributed by atoms with E-state index in [1.165, 1.54) is 19.3 Å². The minimum absolute atomic E-state index is 0.263. The predicted molar refractivity (Wildman–Crippen MR) is 69.7 cm³/mol. The van der Waals surface area contributed by atoms with Crippen molar-refractivity contribution in [3.8, 4) is 0 Å². The molecule has 6 heteroatoms. The molecule has 94 valence electrons. The third kappa shape index (κ3) is 3.43. The summed E-state index contributed by atoms with van der Waals surface area (Å²) in [4.78, 5) is 14.8. The number of aromatic nitrogens is 3. The standard InChI is InChI=1S/C11H18ClN5/c1-2-6-13-10-14-9(12)15-11(16-10)17-7-4-3-5-8-17/h2-8H2,1H3,(H,13,14,15,16). The lowest BCUT2D eigenvalue weighted by Gasteiger charge is -2.26. The first-order chi connectivity index (χ1) is 8.29. The molecule has 17 heavy (non-hydrogen) atoms. The molecule has 0 spiro atoms. The molecular weight excluding hydrogens is 238 g/mol. The van der Waals surface area contributed by atoms with Crippen molar-refractivity contribution in [3.05, 3.63) is 5.28 Å².